The third-order valence-electron chi connectivity index (χ3n) is 6.41. The van der Waals surface area contributed by atoms with Crippen molar-refractivity contribution in [2.75, 3.05) is 52.9 Å². The van der Waals surface area contributed by atoms with Gasteiger partial charge in [-0.3, -0.25) is 14.6 Å². The van der Waals surface area contributed by atoms with E-state index in [0.717, 1.165) is 63.4 Å². The van der Waals surface area contributed by atoms with Crippen molar-refractivity contribution in [3.8, 4) is 17.2 Å². The van der Waals surface area contributed by atoms with Crippen LogP contribution in [0.2, 0.25) is 0 Å². The Bertz CT molecular complexity index is 837. The number of methoxy groups -OCH3 is 1. The van der Waals surface area contributed by atoms with E-state index in [9.17, 15) is 4.79 Å². The Balaban J connectivity index is 1.28. The minimum atomic E-state index is 0.0444. The molecule has 0 N–H and O–H groups in total. The van der Waals surface area contributed by atoms with E-state index in [1.54, 1.807) is 7.11 Å². The molecule has 8 nitrogen and oxygen atoms in total. The fraction of sp³-hybridized carbons (Fsp3) is 0.609. The van der Waals surface area contributed by atoms with Crippen molar-refractivity contribution < 1.29 is 13.9 Å². The van der Waals surface area contributed by atoms with Gasteiger partial charge in [-0.05, 0) is 44.0 Å². The number of piperazine rings is 1. The summed E-state index contributed by atoms with van der Waals surface area (Å²) in [6.45, 7) is 8.00. The van der Waals surface area contributed by atoms with Gasteiger partial charge >= 0.3 is 0 Å². The number of amides is 1. The summed E-state index contributed by atoms with van der Waals surface area (Å²) in [6, 6.07) is 7.65. The van der Waals surface area contributed by atoms with E-state index in [1.807, 2.05) is 24.3 Å². The highest BCUT2D eigenvalue weighted by molar-refractivity contribution is 5.78. The molecule has 0 saturated carbocycles. The maximum absolute atomic E-state index is 12.7. The van der Waals surface area contributed by atoms with Gasteiger partial charge in [0.2, 0.25) is 17.7 Å². The van der Waals surface area contributed by atoms with Crippen LogP contribution in [0.25, 0.3) is 11.5 Å². The van der Waals surface area contributed by atoms with Crippen LogP contribution < -0.4 is 4.74 Å². The molecule has 1 amide bonds. The number of nitrogens with zero attached hydrogens (tertiary/aromatic N) is 5. The molecule has 8 heteroatoms. The lowest BCUT2D eigenvalue weighted by Crippen LogP contribution is -2.50. The highest BCUT2D eigenvalue weighted by Gasteiger charge is 2.27. The molecule has 1 unspecified atom stereocenters. The van der Waals surface area contributed by atoms with Gasteiger partial charge in [-0.2, -0.15) is 0 Å². The SMILES string of the molecule is COc1ccc(-c2nnc(C(C)N3CCN(CC(=O)N4CCCCCC4)CC3)o2)cc1. The molecule has 0 aliphatic carbocycles. The fourth-order valence-electron chi connectivity index (χ4n) is 4.33. The second-order valence-corrected chi connectivity index (χ2v) is 8.46. The molecule has 3 heterocycles. The molecule has 2 fully saturated rings. The van der Waals surface area contributed by atoms with Crippen LogP contribution >= 0.6 is 0 Å². The molecule has 0 spiro atoms. The average Bonchev–Trinajstić information content (AvgIpc) is 3.14. The predicted molar refractivity (Wildman–Crippen MR) is 118 cm³/mol. The first kappa shape index (κ1) is 21.8. The highest BCUT2D eigenvalue weighted by atomic mass is 16.5. The molecule has 1 atom stereocenters. The van der Waals surface area contributed by atoms with Crippen LogP contribution in [0.1, 0.15) is 44.5 Å². The molecule has 2 saturated heterocycles. The van der Waals surface area contributed by atoms with Gasteiger partial charge in [-0.25, -0.2) is 0 Å². The van der Waals surface area contributed by atoms with Gasteiger partial charge in [0.15, 0.2) is 0 Å². The van der Waals surface area contributed by atoms with Crippen LogP contribution in [0, 0.1) is 0 Å². The molecule has 168 valence electrons. The first-order valence-electron chi connectivity index (χ1n) is 11.4. The topological polar surface area (TPSA) is 74.9 Å². The molecule has 31 heavy (non-hydrogen) atoms. The summed E-state index contributed by atoms with van der Waals surface area (Å²) >= 11 is 0. The molecule has 2 aliphatic heterocycles. The molecule has 2 aliphatic rings. The maximum Gasteiger partial charge on any atom is 0.247 e. The van der Waals surface area contributed by atoms with E-state index >= 15 is 0 Å². The second kappa shape index (κ2) is 10.2. The van der Waals surface area contributed by atoms with Crippen LogP contribution in [0.3, 0.4) is 0 Å². The van der Waals surface area contributed by atoms with Gasteiger partial charge in [0.25, 0.3) is 0 Å². The van der Waals surface area contributed by atoms with E-state index in [4.69, 9.17) is 9.15 Å². The third kappa shape index (κ3) is 5.43. The van der Waals surface area contributed by atoms with Crippen molar-refractivity contribution in [1.82, 2.24) is 24.9 Å². The van der Waals surface area contributed by atoms with Crippen molar-refractivity contribution in [2.45, 2.75) is 38.6 Å². The third-order valence-corrected chi connectivity index (χ3v) is 6.41. The summed E-state index contributed by atoms with van der Waals surface area (Å²) in [7, 11) is 1.64. The Kier molecular flexibility index (Phi) is 7.19. The zero-order valence-corrected chi connectivity index (χ0v) is 18.6. The van der Waals surface area contributed by atoms with E-state index in [1.165, 1.54) is 12.8 Å². The summed E-state index contributed by atoms with van der Waals surface area (Å²) in [5, 5.41) is 8.51. The lowest BCUT2D eigenvalue weighted by atomic mass is 10.2. The highest BCUT2D eigenvalue weighted by Crippen LogP contribution is 2.26. The van der Waals surface area contributed by atoms with Crippen molar-refractivity contribution in [2.24, 2.45) is 0 Å². The first-order chi connectivity index (χ1) is 15.1. The maximum atomic E-state index is 12.7. The van der Waals surface area contributed by atoms with Crippen LogP contribution in [0.5, 0.6) is 5.75 Å². The van der Waals surface area contributed by atoms with Crippen LogP contribution in [-0.4, -0.2) is 83.7 Å². The van der Waals surface area contributed by atoms with Crippen molar-refractivity contribution in [3.05, 3.63) is 30.2 Å². The van der Waals surface area contributed by atoms with Gasteiger partial charge < -0.3 is 14.1 Å². The first-order valence-corrected chi connectivity index (χ1v) is 11.4. The van der Waals surface area contributed by atoms with Crippen molar-refractivity contribution >= 4 is 5.91 Å². The number of hydrogen-bond acceptors (Lipinski definition) is 7. The van der Waals surface area contributed by atoms with Gasteiger partial charge in [-0.1, -0.05) is 12.8 Å². The minimum Gasteiger partial charge on any atom is -0.497 e. The van der Waals surface area contributed by atoms with Gasteiger partial charge in [0.1, 0.15) is 5.75 Å². The summed E-state index contributed by atoms with van der Waals surface area (Å²) in [5.74, 6) is 2.22. The summed E-state index contributed by atoms with van der Waals surface area (Å²) in [4.78, 5) is 19.3. The van der Waals surface area contributed by atoms with E-state index < -0.39 is 0 Å². The predicted octanol–water partition coefficient (Wildman–Crippen LogP) is 2.83. The summed E-state index contributed by atoms with van der Waals surface area (Å²) < 4.78 is 11.2. The molecular weight excluding hydrogens is 394 g/mol. The number of hydrogen-bond donors (Lipinski definition) is 0. The normalized spacial score (nSPS) is 19.7. The van der Waals surface area contributed by atoms with Crippen molar-refractivity contribution in [3.63, 3.8) is 0 Å². The Hall–Kier alpha value is -2.45. The lowest BCUT2D eigenvalue weighted by Gasteiger charge is -2.37. The quantitative estimate of drug-likeness (QED) is 0.702. The molecule has 1 aromatic heterocycles. The van der Waals surface area contributed by atoms with Gasteiger partial charge in [0, 0.05) is 44.8 Å². The molecular formula is C23H33N5O3. The number of aromatic nitrogens is 2. The lowest BCUT2D eigenvalue weighted by molar-refractivity contribution is -0.132. The van der Waals surface area contributed by atoms with Crippen LogP contribution in [0.4, 0.5) is 0 Å². The monoisotopic (exact) mass is 427 g/mol. The summed E-state index contributed by atoms with van der Waals surface area (Å²) in [6.07, 6.45) is 4.77. The van der Waals surface area contributed by atoms with Gasteiger partial charge in [0.05, 0.1) is 19.7 Å². The Labute approximate surface area is 184 Å². The Morgan fingerprint density at radius 1 is 1.00 bits per heavy atom. The number of likely N-dealkylation sites (tertiary alicyclic amines) is 1. The number of benzene rings is 1. The van der Waals surface area contributed by atoms with E-state index in [-0.39, 0.29) is 11.9 Å². The molecule has 1 aromatic carbocycles. The van der Waals surface area contributed by atoms with E-state index in [2.05, 4.69) is 31.8 Å². The smallest absolute Gasteiger partial charge is 0.247 e. The number of carbonyl (C=O) groups is 1. The molecule has 0 radical (unpaired) electrons. The zero-order chi connectivity index (χ0) is 21.6. The molecule has 2 aromatic rings. The molecule has 4 rings (SSSR count). The number of carbonyl (C=O) groups excluding carboxylic acids is 1. The number of rotatable bonds is 6. The largest absolute Gasteiger partial charge is 0.497 e. The van der Waals surface area contributed by atoms with Crippen LogP contribution in [0.15, 0.2) is 28.7 Å². The Morgan fingerprint density at radius 3 is 2.32 bits per heavy atom. The van der Waals surface area contributed by atoms with E-state index in [0.29, 0.717) is 18.3 Å². The Morgan fingerprint density at radius 2 is 1.68 bits per heavy atom. The fourth-order valence-corrected chi connectivity index (χ4v) is 4.33. The van der Waals surface area contributed by atoms with Crippen LogP contribution in [-0.2, 0) is 4.79 Å². The minimum absolute atomic E-state index is 0.0444. The van der Waals surface area contributed by atoms with Gasteiger partial charge in [-0.15, -0.1) is 10.2 Å². The van der Waals surface area contributed by atoms with Crippen molar-refractivity contribution in [1.29, 1.82) is 0 Å². The molecule has 0 bridgehead atoms. The second-order valence-electron chi connectivity index (χ2n) is 8.46. The number of ether oxygens (including phenoxy) is 1. The standard InChI is InChI=1S/C23H33N5O3/c1-18(22-24-25-23(31-22)19-7-9-20(30-2)10-8-19)27-15-13-26(14-16-27)17-21(29)28-11-5-3-4-6-12-28/h7-10,18H,3-6,11-17H2,1-2H3. The zero-order valence-electron chi connectivity index (χ0n) is 18.6. The summed E-state index contributed by atoms with van der Waals surface area (Å²) in [5.41, 5.74) is 0.878. The average molecular weight is 428 g/mol.